The molecule has 0 unspecified atom stereocenters. The fraction of sp³-hybridized carbons (Fsp3) is 0.0952. The number of benzene rings is 3. The highest BCUT2D eigenvalue weighted by atomic mass is 16.5. The summed E-state index contributed by atoms with van der Waals surface area (Å²) in [5.41, 5.74) is 3.01. The van der Waals surface area contributed by atoms with Crippen LogP contribution in [0.5, 0.6) is 11.5 Å². The summed E-state index contributed by atoms with van der Waals surface area (Å²) >= 11 is 0. The van der Waals surface area contributed by atoms with Crippen molar-refractivity contribution in [2.24, 2.45) is 0 Å². The molecule has 0 aromatic heterocycles. The van der Waals surface area contributed by atoms with Crippen LogP contribution in [0.25, 0.3) is 0 Å². The second kappa shape index (κ2) is 8.02. The number of hydrogen-bond acceptors (Lipinski definition) is 2. The van der Waals surface area contributed by atoms with Gasteiger partial charge in [-0.3, -0.25) is 0 Å². The highest BCUT2D eigenvalue weighted by molar-refractivity contribution is 6.04. The van der Waals surface area contributed by atoms with Gasteiger partial charge in [0.25, 0.3) is 5.84 Å². The highest BCUT2D eigenvalue weighted by Gasteiger charge is 2.12. The van der Waals surface area contributed by atoms with Crippen molar-refractivity contribution in [3.05, 3.63) is 84.4 Å². The van der Waals surface area contributed by atoms with Gasteiger partial charge in [0.05, 0.1) is 19.8 Å². The van der Waals surface area contributed by atoms with E-state index >= 15 is 0 Å². The lowest BCUT2D eigenvalue weighted by Gasteiger charge is -2.05. The Hall–Kier alpha value is -3.27. The van der Waals surface area contributed by atoms with E-state index in [1.165, 1.54) is 0 Å². The Labute approximate surface area is 147 Å². The molecule has 0 amide bonds. The molecule has 126 valence electrons. The Morgan fingerprint density at radius 1 is 0.720 bits per heavy atom. The molecule has 0 bridgehead atoms. The molecule has 0 atom stereocenters. The van der Waals surface area contributed by atoms with Gasteiger partial charge in [-0.15, -0.1) is 0 Å². The molecule has 0 spiro atoms. The molecular formula is C21H21N2O2+. The van der Waals surface area contributed by atoms with Gasteiger partial charge in [-0.05, 0) is 60.7 Å². The minimum atomic E-state index is 0.829. The SMILES string of the molecule is COc1ccc(NC(=[NH+]c2ccc(OC)cc2)c2ccccc2)cc1. The van der Waals surface area contributed by atoms with Gasteiger partial charge in [0, 0.05) is 0 Å². The van der Waals surface area contributed by atoms with Crippen LogP contribution in [0.1, 0.15) is 5.56 Å². The van der Waals surface area contributed by atoms with Gasteiger partial charge in [-0.2, -0.15) is 0 Å². The van der Waals surface area contributed by atoms with Crippen molar-refractivity contribution >= 4 is 17.2 Å². The number of amidine groups is 1. The maximum absolute atomic E-state index is 5.21. The third-order valence-electron chi connectivity index (χ3n) is 3.78. The molecule has 0 aliphatic heterocycles. The molecule has 0 aliphatic carbocycles. The van der Waals surface area contributed by atoms with Crippen LogP contribution in [0.2, 0.25) is 0 Å². The van der Waals surface area contributed by atoms with Gasteiger partial charge in [0.2, 0.25) is 0 Å². The van der Waals surface area contributed by atoms with Crippen molar-refractivity contribution < 1.29 is 14.5 Å². The molecule has 2 N–H and O–H groups in total. The van der Waals surface area contributed by atoms with Crippen LogP contribution in [0.3, 0.4) is 0 Å². The molecule has 3 aromatic carbocycles. The van der Waals surface area contributed by atoms with Crippen LogP contribution in [0.15, 0.2) is 78.9 Å². The summed E-state index contributed by atoms with van der Waals surface area (Å²) < 4.78 is 10.4. The van der Waals surface area contributed by atoms with E-state index in [1.54, 1.807) is 14.2 Å². The summed E-state index contributed by atoms with van der Waals surface area (Å²) in [6.45, 7) is 0. The summed E-state index contributed by atoms with van der Waals surface area (Å²) in [5, 5.41) is 3.44. The standard InChI is InChI=1S/C21H20N2O2/c1-24-19-12-8-17(9-13-19)22-21(16-6-4-3-5-7-16)23-18-10-14-20(25-2)15-11-18/h3-15H,1-2H3,(H,22,23)/p+1. The summed E-state index contributed by atoms with van der Waals surface area (Å²) in [6, 6.07) is 25.8. The number of anilines is 1. The number of methoxy groups -OCH3 is 2. The van der Waals surface area contributed by atoms with E-state index in [0.717, 1.165) is 34.3 Å². The van der Waals surface area contributed by atoms with Crippen molar-refractivity contribution in [2.45, 2.75) is 0 Å². The first-order valence-electron chi connectivity index (χ1n) is 8.03. The van der Waals surface area contributed by atoms with E-state index in [1.807, 2.05) is 66.7 Å². The van der Waals surface area contributed by atoms with E-state index in [9.17, 15) is 0 Å². The number of hydrogen-bond donors (Lipinski definition) is 2. The molecule has 4 nitrogen and oxygen atoms in total. The molecule has 0 saturated heterocycles. The van der Waals surface area contributed by atoms with Crippen molar-refractivity contribution in [3.8, 4) is 11.5 Å². The van der Waals surface area contributed by atoms with Crippen LogP contribution in [0.4, 0.5) is 11.4 Å². The minimum absolute atomic E-state index is 0.829. The van der Waals surface area contributed by atoms with Crippen molar-refractivity contribution in [1.82, 2.24) is 0 Å². The fourth-order valence-corrected chi connectivity index (χ4v) is 2.42. The van der Waals surface area contributed by atoms with E-state index in [0.29, 0.717) is 0 Å². The predicted molar refractivity (Wildman–Crippen MR) is 101 cm³/mol. The molecule has 3 rings (SSSR count). The molecule has 0 aliphatic rings. The second-order valence-corrected chi connectivity index (χ2v) is 5.45. The maximum atomic E-state index is 5.21. The molecule has 4 heteroatoms. The van der Waals surface area contributed by atoms with Crippen LogP contribution in [-0.2, 0) is 0 Å². The molecule has 0 saturated carbocycles. The van der Waals surface area contributed by atoms with E-state index < -0.39 is 0 Å². The third kappa shape index (κ3) is 4.38. The Bertz CT molecular complexity index is 826. The van der Waals surface area contributed by atoms with Gasteiger partial charge in [-0.1, -0.05) is 18.2 Å². The monoisotopic (exact) mass is 333 g/mol. The predicted octanol–water partition coefficient (Wildman–Crippen LogP) is 2.97. The molecule has 0 fully saturated rings. The second-order valence-electron chi connectivity index (χ2n) is 5.45. The zero-order chi connectivity index (χ0) is 17.5. The highest BCUT2D eigenvalue weighted by Crippen LogP contribution is 2.16. The zero-order valence-electron chi connectivity index (χ0n) is 14.3. The van der Waals surface area contributed by atoms with Crippen LogP contribution < -0.4 is 19.8 Å². The van der Waals surface area contributed by atoms with Gasteiger partial charge in [-0.25, -0.2) is 10.3 Å². The molecule has 3 aromatic rings. The van der Waals surface area contributed by atoms with Crippen molar-refractivity contribution in [1.29, 1.82) is 0 Å². The maximum Gasteiger partial charge on any atom is 0.285 e. The molecular weight excluding hydrogens is 312 g/mol. The van der Waals surface area contributed by atoms with Crippen molar-refractivity contribution in [3.63, 3.8) is 0 Å². The topological polar surface area (TPSA) is 44.5 Å². The first-order valence-corrected chi connectivity index (χ1v) is 8.03. The Kier molecular flexibility index (Phi) is 5.32. The Balaban J connectivity index is 1.92. The van der Waals surface area contributed by atoms with Crippen LogP contribution in [0, 0.1) is 0 Å². The quantitative estimate of drug-likeness (QED) is 0.557. The van der Waals surface area contributed by atoms with Gasteiger partial charge < -0.3 is 9.47 Å². The van der Waals surface area contributed by atoms with Gasteiger partial charge in [0.15, 0.2) is 0 Å². The number of rotatable bonds is 5. The van der Waals surface area contributed by atoms with E-state index in [-0.39, 0.29) is 0 Å². The van der Waals surface area contributed by atoms with E-state index in [2.05, 4.69) is 22.4 Å². The zero-order valence-corrected chi connectivity index (χ0v) is 14.3. The average Bonchev–Trinajstić information content (AvgIpc) is 2.69. The number of nitrogens with one attached hydrogen (secondary N) is 2. The molecule has 0 heterocycles. The van der Waals surface area contributed by atoms with Crippen LogP contribution >= 0.6 is 0 Å². The van der Waals surface area contributed by atoms with Crippen molar-refractivity contribution in [2.75, 3.05) is 19.5 Å². The largest absolute Gasteiger partial charge is 0.497 e. The normalized spacial score (nSPS) is 11.0. The minimum Gasteiger partial charge on any atom is -0.497 e. The number of ether oxygens (including phenoxy) is 2. The summed E-state index contributed by atoms with van der Waals surface area (Å²) in [4.78, 5) is 3.44. The smallest absolute Gasteiger partial charge is 0.285 e. The summed E-state index contributed by atoms with van der Waals surface area (Å²) in [7, 11) is 3.32. The van der Waals surface area contributed by atoms with Gasteiger partial charge in [0.1, 0.15) is 22.9 Å². The van der Waals surface area contributed by atoms with Crippen LogP contribution in [-0.4, -0.2) is 20.1 Å². The lowest BCUT2D eigenvalue weighted by molar-refractivity contribution is -0.353. The summed E-state index contributed by atoms with van der Waals surface area (Å²) in [5.74, 6) is 2.56. The Morgan fingerprint density at radius 3 is 1.84 bits per heavy atom. The van der Waals surface area contributed by atoms with E-state index in [4.69, 9.17) is 9.47 Å². The summed E-state index contributed by atoms with van der Waals surface area (Å²) in [6.07, 6.45) is 0. The molecule has 25 heavy (non-hydrogen) atoms. The fourth-order valence-electron chi connectivity index (χ4n) is 2.42. The lowest BCUT2D eigenvalue weighted by atomic mass is 10.2. The van der Waals surface area contributed by atoms with Gasteiger partial charge >= 0.3 is 0 Å². The Morgan fingerprint density at radius 2 is 1.28 bits per heavy atom. The first kappa shape index (κ1) is 16.6. The lowest BCUT2D eigenvalue weighted by Crippen LogP contribution is -2.68. The first-order chi connectivity index (χ1) is 12.3. The third-order valence-corrected chi connectivity index (χ3v) is 3.78. The molecule has 0 radical (unpaired) electrons. The average molecular weight is 333 g/mol.